The summed E-state index contributed by atoms with van der Waals surface area (Å²) in [6, 6.07) is 6.27. The molecule has 3 rings (SSSR count). The van der Waals surface area contributed by atoms with Crippen LogP contribution in [0.4, 0.5) is 13.2 Å². The van der Waals surface area contributed by atoms with Gasteiger partial charge in [-0.15, -0.1) is 0 Å². The summed E-state index contributed by atoms with van der Waals surface area (Å²) in [4.78, 5) is 11.8. The molecule has 0 bridgehead atoms. The van der Waals surface area contributed by atoms with Crippen molar-refractivity contribution in [3.63, 3.8) is 0 Å². The van der Waals surface area contributed by atoms with Gasteiger partial charge >= 0.3 is 6.18 Å². The van der Waals surface area contributed by atoms with Gasteiger partial charge in [0.05, 0.1) is 29.9 Å². The van der Waals surface area contributed by atoms with Gasteiger partial charge in [0.25, 0.3) is 0 Å². The number of aromatic nitrogens is 4. The first-order valence-electron chi connectivity index (χ1n) is 6.35. The highest BCUT2D eigenvalue weighted by atomic mass is 19.4. The first-order chi connectivity index (χ1) is 10.5. The van der Waals surface area contributed by atoms with Crippen LogP contribution in [0.2, 0.25) is 0 Å². The van der Waals surface area contributed by atoms with Gasteiger partial charge in [-0.1, -0.05) is 6.07 Å². The van der Waals surface area contributed by atoms with Crippen LogP contribution in [0.5, 0.6) is 0 Å². The number of alkyl halides is 3. The van der Waals surface area contributed by atoms with E-state index in [1.165, 1.54) is 16.8 Å². The van der Waals surface area contributed by atoms with Crippen molar-refractivity contribution in [3.8, 4) is 11.4 Å². The van der Waals surface area contributed by atoms with Crippen molar-refractivity contribution in [2.75, 3.05) is 7.11 Å². The van der Waals surface area contributed by atoms with Crippen LogP contribution in [0.15, 0.2) is 36.7 Å². The summed E-state index contributed by atoms with van der Waals surface area (Å²) < 4.78 is 44.5. The monoisotopic (exact) mass is 308 g/mol. The molecule has 0 fully saturated rings. The van der Waals surface area contributed by atoms with Crippen LogP contribution < -0.4 is 0 Å². The Morgan fingerprint density at radius 3 is 2.73 bits per heavy atom. The summed E-state index contributed by atoms with van der Waals surface area (Å²) in [5.41, 5.74) is 0.894. The maximum atomic E-state index is 12.7. The molecule has 3 heterocycles. The van der Waals surface area contributed by atoms with E-state index in [9.17, 15) is 13.2 Å². The van der Waals surface area contributed by atoms with E-state index in [2.05, 4.69) is 15.0 Å². The average Bonchev–Trinajstić information content (AvgIpc) is 2.90. The molecule has 0 radical (unpaired) electrons. The van der Waals surface area contributed by atoms with Crippen molar-refractivity contribution in [1.82, 2.24) is 19.4 Å². The lowest BCUT2D eigenvalue weighted by Gasteiger charge is -2.07. The fraction of sp³-hybridized carbons (Fsp3) is 0.214. The number of rotatable bonds is 3. The normalized spacial score (nSPS) is 12.0. The zero-order chi connectivity index (χ0) is 15.7. The first-order valence-corrected chi connectivity index (χ1v) is 6.35. The van der Waals surface area contributed by atoms with Gasteiger partial charge < -0.3 is 4.74 Å². The minimum atomic E-state index is -4.50. The van der Waals surface area contributed by atoms with Gasteiger partial charge in [0.1, 0.15) is 5.69 Å². The predicted octanol–water partition coefficient (Wildman–Crippen LogP) is 2.96. The van der Waals surface area contributed by atoms with E-state index < -0.39 is 11.9 Å². The molecular weight excluding hydrogens is 297 g/mol. The van der Waals surface area contributed by atoms with Crippen LogP contribution in [0.25, 0.3) is 17.2 Å². The summed E-state index contributed by atoms with van der Waals surface area (Å²) in [5.74, 6) is -0.0243. The third-order valence-corrected chi connectivity index (χ3v) is 3.03. The highest BCUT2D eigenvalue weighted by Gasteiger charge is 2.33. The van der Waals surface area contributed by atoms with E-state index in [0.29, 0.717) is 18.0 Å². The SMILES string of the molecule is COCc1cccc(-c2cnc3nc(C(F)(F)F)ccn23)n1. The topological polar surface area (TPSA) is 52.3 Å². The molecule has 22 heavy (non-hydrogen) atoms. The quantitative estimate of drug-likeness (QED) is 0.746. The maximum absolute atomic E-state index is 12.7. The van der Waals surface area contributed by atoms with Crippen LogP contribution in [0.3, 0.4) is 0 Å². The average molecular weight is 308 g/mol. The molecule has 0 aromatic carbocycles. The third kappa shape index (κ3) is 2.64. The maximum Gasteiger partial charge on any atom is 0.433 e. The molecule has 0 N–H and O–H groups in total. The number of methoxy groups -OCH3 is 1. The molecule has 3 aromatic rings. The van der Waals surface area contributed by atoms with Crippen molar-refractivity contribution >= 4 is 5.78 Å². The highest BCUT2D eigenvalue weighted by molar-refractivity contribution is 5.58. The van der Waals surface area contributed by atoms with Crippen LogP contribution in [-0.4, -0.2) is 26.5 Å². The Hall–Kier alpha value is -2.48. The summed E-state index contributed by atoms with van der Waals surface area (Å²) in [7, 11) is 1.56. The number of halogens is 3. The van der Waals surface area contributed by atoms with E-state index in [1.807, 2.05) is 0 Å². The number of nitrogens with zero attached hydrogens (tertiary/aromatic N) is 4. The van der Waals surface area contributed by atoms with E-state index in [4.69, 9.17) is 4.74 Å². The van der Waals surface area contributed by atoms with E-state index in [0.717, 1.165) is 11.8 Å². The van der Waals surface area contributed by atoms with Gasteiger partial charge in [0, 0.05) is 13.3 Å². The second-order valence-corrected chi connectivity index (χ2v) is 4.57. The smallest absolute Gasteiger partial charge is 0.378 e. The zero-order valence-electron chi connectivity index (χ0n) is 11.5. The Balaban J connectivity index is 2.07. The summed E-state index contributed by atoms with van der Waals surface area (Å²) in [6.45, 7) is 0.348. The van der Waals surface area contributed by atoms with E-state index >= 15 is 0 Å². The molecule has 0 amide bonds. The van der Waals surface area contributed by atoms with E-state index in [-0.39, 0.29) is 5.78 Å². The van der Waals surface area contributed by atoms with Gasteiger partial charge in [-0.05, 0) is 18.2 Å². The lowest BCUT2D eigenvalue weighted by Crippen LogP contribution is -2.09. The molecule has 0 unspecified atom stereocenters. The standard InChI is InChI=1S/C14H11F3N4O/c1-22-8-9-3-2-4-10(19-9)11-7-18-13-20-12(14(15,16)17)5-6-21(11)13/h2-7H,8H2,1H3. The van der Waals surface area contributed by atoms with E-state index in [1.54, 1.807) is 25.3 Å². The summed E-state index contributed by atoms with van der Waals surface area (Å²) in [6.07, 6.45) is -1.76. The van der Waals surface area contributed by atoms with Crippen LogP contribution in [0, 0.1) is 0 Å². The van der Waals surface area contributed by atoms with Gasteiger partial charge in [-0.25, -0.2) is 15.0 Å². The Labute approximate surface area is 123 Å². The lowest BCUT2D eigenvalue weighted by atomic mass is 10.2. The van der Waals surface area contributed by atoms with Crippen LogP contribution >= 0.6 is 0 Å². The molecule has 0 aliphatic heterocycles. The van der Waals surface area contributed by atoms with Crippen LogP contribution in [0.1, 0.15) is 11.4 Å². The number of hydrogen-bond donors (Lipinski definition) is 0. The molecule has 0 aliphatic carbocycles. The van der Waals surface area contributed by atoms with Crippen molar-refractivity contribution in [2.45, 2.75) is 12.8 Å². The molecule has 8 heteroatoms. The van der Waals surface area contributed by atoms with Crippen LogP contribution in [-0.2, 0) is 17.5 Å². The Morgan fingerprint density at radius 1 is 1.18 bits per heavy atom. The fourth-order valence-corrected chi connectivity index (χ4v) is 2.07. The van der Waals surface area contributed by atoms with Gasteiger partial charge in [-0.2, -0.15) is 13.2 Å². The zero-order valence-corrected chi connectivity index (χ0v) is 11.5. The Morgan fingerprint density at radius 2 is 2.00 bits per heavy atom. The van der Waals surface area contributed by atoms with Gasteiger partial charge in [-0.3, -0.25) is 4.40 Å². The minimum absolute atomic E-state index is 0.0243. The van der Waals surface area contributed by atoms with Crippen molar-refractivity contribution in [2.24, 2.45) is 0 Å². The number of hydrogen-bond acceptors (Lipinski definition) is 4. The third-order valence-electron chi connectivity index (χ3n) is 3.03. The molecule has 0 aliphatic rings. The number of imidazole rings is 1. The molecule has 0 saturated carbocycles. The largest absolute Gasteiger partial charge is 0.433 e. The molecule has 5 nitrogen and oxygen atoms in total. The van der Waals surface area contributed by atoms with Gasteiger partial charge in [0.2, 0.25) is 5.78 Å². The number of pyridine rings is 1. The number of ether oxygens (including phenoxy) is 1. The summed E-state index contributed by atoms with van der Waals surface area (Å²) in [5, 5.41) is 0. The van der Waals surface area contributed by atoms with Crippen molar-refractivity contribution in [1.29, 1.82) is 0 Å². The van der Waals surface area contributed by atoms with Crippen molar-refractivity contribution < 1.29 is 17.9 Å². The Bertz CT molecular complexity index is 813. The molecule has 0 spiro atoms. The van der Waals surface area contributed by atoms with Gasteiger partial charge in [0.15, 0.2) is 0 Å². The molecular formula is C14H11F3N4O. The van der Waals surface area contributed by atoms with Crippen molar-refractivity contribution in [3.05, 3.63) is 48.0 Å². The molecule has 3 aromatic heterocycles. The highest BCUT2D eigenvalue weighted by Crippen LogP contribution is 2.28. The second-order valence-electron chi connectivity index (χ2n) is 4.57. The Kier molecular flexibility index (Phi) is 3.53. The number of fused-ring (bicyclic) bond motifs is 1. The fourth-order valence-electron chi connectivity index (χ4n) is 2.07. The molecule has 114 valence electrons. The second kappa shape index (κ2) is 5.38. The summed E-state index contributed by atoms with van der Waals surface area (Å²) >= 11 is 0. The molecule has 0 saturated heterocycles. The predicted molar refractivity (Wildman–Crippen MR) is 71.9 cm³/mol. The lowest BCUT2D eigenvalue weighted by molar-refractivity contribution is -0.141. The minimum Gasteiger partial charge on any atom is -0.378 e. The molecule has 0 atom stereocenters. The first kappa shape index (κ1) is 14.5.